The molecule has 0 radical (unpaired) electrons. The van der Waals surface area contributed by atoms with E-state index in [0.717, 1.165) is 12.5 Å². The van der Waals surface area contributed by atoms with Crippen LogP contribution in [0, 0.1) is 5.92 Å². The van der Waals surface area contributed by atoms with Gasteiger partial charge in [0.1, 0.15) is 0 Å². The van der Waals surface area contributed by atoms with Crippen molar-refractivity contribution < 1.29 is 0 Å². The minimum atomic E-state index is 0.715. The van der Waals surface area contributed by atoms with Gasteiger partial charge in [-0.05, 0) is 18.8 Å². The maximum Gasteiger partial charge on any atom is 0.0922 e. The van der Waals surface area contributed by atoms with Crippen molar-refractivity contribution in [3.63, 3.8) is 0 Å². The molecule has 2 rings (SSSR count). The maximum absolute atomic E-state index is 4.03. The molecule has 3 nitrogen and oxygen atoms in total. The average molecular weight is 207 g/mol. The number of hydrogen-bond donors (Lipinski definition) is 2. The van der Waals surface area contributed by atoms with Crippen LogP contribution in [0.3, 0.4) is 0 Å². The number of aromatic nitrogens is 2. The van der Waals surface area contributed by atoms with E-state index in [4.69, 9.17) is 0 Å². The normalized spacial score (nSPS) is 26.7. The first-order chi connectivity index (χ1) is 7.40. The van der Waals surface area contributed by atoms with Crippen molar-refractivity contribution in [1.82, 2.24) is 15.3 Å². The molecule has 0 spiro atoms. The van der Waals surface area contributed by atoms with Crippen LogP contribution in [0.25, 0.3) is 0 Å². The molecule has 3 heteroatoms. The fourth-order valence-electron chi connectivity index (χ4n) is 2.59. The number of H-pyrrole nitrogens is 1. The Hall–Kier alpha value is -0.830. The van der Waals surface area contributed by atoms with Crippen LogP contribution >= 0.6 is 0 Å². The molecule has 15 heavy (non-hydrogen) atoms. The highest BCUT2D eigenvalue weighted by atomic mass is 15.0. The standard InChI is InChI=1S/C12H21N3/c1-2-10-5-3-4-6-12(10)14-8-11-7-13-9-15-11/h7,9-10,12,14H,2-6,8H2,1H3,(H,13,15). The summed E-state index contributed by atoms with van der Waals surface area (Å²) in [6.07, 6.45) is 10.5. The van der Waals surface area contributed by atoms with E-state index in [1.54, 1.807) is 6.33 Å². The fraction of sp³-hybridized carbons (Fsp3) is 0.750. The van der Waals surface area contributed by atoms with E-state index in [-0.39, 0.29) is 0 Å². The van der Waals surface area contributed by atoms with E-state index >= 15 is 0 Å². The van der Waals surface area contributed by atoms with Crippen molar-refractivity contribution in [2.45, 2.75) is 51.6 Å². The summed E-state index contributed by atoms with van der Waals surface area (Å²) in [6.45, 7) is 3.24. The molecule has 2 N–H and O–H groups in total. The number of nitrogens with zero attached hydrogens (tertiary/aromatic N) is 1. The Morgan fingerprint density at radius 1 is 1.47 bits per heavy atom. The minimum absolute atomic E-state index is 0.715. The molecule has 1 saturated carbocycles. The molecule has 2 unspecified atom stereocenters. The van der Waals surface area contributed by atoms with Gasteiger partial charge in [-0.1, -0.05) is 26.2 Å². The van der Waals surface area contributed by atoms with Crippen molar-refractivity contribution in [2.24, 2.45) is 5.92 Å². The van der Waals surface area contributed by atoms with E-state index in [9.17, 15) is 0 Å². The molecule has 1 aliphatic carbocycles. The first-order valence-corrected chi connectivity index (χ1v) is 6.10. The third kappa shape index (κ3) is 2.81. The van der Waals surface area contributed by atoms with E-state index in [2.05, 4.69) is 22.2 Å². The van der Waals surface area contributed by atoms with Gasteiger partial charge in [-0.2, -0.15) is 0 Å². The highest BCUT2D eigenvalue weighted by Crippen LogP contribution is 2.26. The Bertz CT molecular complexity index is 268. The molecule has 0 saturated heterocycles. The smallest absolute Gasteiger partial charge is 0.0922 e. The van der Waals surface area contributed by atoms with Crippen LogP contribution in [0.1, 0.15) is 44.7 Å². The van der Waals surface area contributed by atoms with Gasteiger partial charge in [-0.3, -0.25) is 0 Å². The van der Waals surface area contributed by atoms with Crippen molar-refractivity contribution in [3.8, 4) is 0 Å². The molecule has 1 aliphatic rings. The summed E-state index contributed by atoms with van der Waals surface area (Å²) in [6, 6.07) is 0.715. The van der Waals surface area contributed by atoms with Crippen molar-refractivity contribution in [3.05, 3.63) is 18.2 Å². The van der Waals surface area contributed by atoms with Crippen LogP contribution in [-0.4, -0.2) is 16.0 Å². The molecule has 0 aliphatic heterocycles. The maximum atomic E-state index is 4.03. The van der Waals surface area contributed by atoms with Crippen LogP contribution in [-0.2, 0) is 6.54 Å². The number of aromatic amines is 1. The summed E-state index contributed by atoms with van der Waals surface area (Å²) >= 11 is 0. The topological polar surface area (TPSA) is 40.7 Å². The molecule has 1 fully saturated rings. The van der Waals surface area contributed by atoms with E-state index in [1.807, 2.05) is 6.20 Å². The predicted molar refractivity (Wildman–Crippen MR) is 61.5 cm³/mol. The van der Waals surface area contributed by atoms with Crippen molar-refractivity contribution in [2.75, 3.05) is 0 Å². The largest absolute Gasteiger partial charge is 0.347 e. The van der Waals surface area contributed by atoms with Gasteiger partial charge in [0.15, 0.2) is 0 Å². The zero-order valence-electron chi connectivity index (χ0n) is 9.50. The Kier molecular flexibility index (Phi) is 3.78. The van der Waals surface area contributed by atoms with Gasteiger partial charge in [0.2, 0.25) is 0 Å². The Balaban J connectivity index is 1.81. The minimum Gasteiger partial charge on any atom is -0.347 e. The number of nitrogens with one attached hydrogen (secondary N) is 2. The monoisotopic (exact) mass is 207 g/mol. The SMILES string of the molecule is CCC1CCCCC1NCc1cnc[nH]1. The van der Waals surface area contributed by atoms with Gasteiger partial charge in [0.25, 0.3) is 0 Å². The van der Waals surface area contributed by atoms with Gasteiger partial charge >= 0.3 is 0 Å². The second-order valence-electron chi connectivity index (χ2n) is 4.52. The molecule has 1 heterocycles. The second-order valence-corrected chi connectivity index (χ2v) is 4.52. The number of rotatable bonds is 4. The van der Waals surface area contributed by atoms with Gasteiger partial charge < -0.3 is 10.3 Å². The Morgan fingerprint density at radius 3 is 3.07 bits per heavy atom. The lowest BCUT2D eigenvalue weighted by atomic mass is 9.83. The average Bonchev–Trinajstić information content (AvgIpc) is 2.79. The first kappa shape index (κ1) is 10.7. The number of imidazole rings is 1. The third-order valence-corrected chi connectivity index (χ3v) is 3.54. The molecule has 0 bridgehead atoms. The van der Waals surface area contributed by atoms with Gasteiger partial charge in [0, 0.05) is 24.5 Å². The molecule has 1 aromatic heterocycles. The molecule has 1 aromatic rings. The van der Waals surface area contributed by atoms with Crippen LogP contribution in [0.2, 0.25) is 0 Å². The fourth-order valence-corrected chi connectivity index (χ4v) is 2.59. The summed E-state index contributed by atoms with van der Waals surface area (Å²) in [4.78, 5) is 7.17. The van der Waals surface area contributed by atoms with E-state index < -0.39 is 0 Å². The zero-order chi connectivity index (χ0) is 10.5. The predicted octanol–water partition coefficient (Wildman–Crippen LogP) is 2.47. The molecule has 84 valence electrons. The molecule has 2 atom stereocenters. The zero-order valence-corrected chi connectivity index (χ0v) is 9.50. The van der Waals surface area contributed by atoms with Crippen molar-refractivity contribution in [1.29, 1.82) is 0 Å². The van der Waals surface area contributed by atoms with Crippen LogP contribution < -0.4 is 5.32 Å². The second kappa shape index (κ2) is 5.31. The Labute approximate surface area is 91.7 Å². The summed E-state index contributed by atoms with van der Waals surface area (Å²) in [5, 5.41) is 3.65. The van der Waals surface area contributed by atoms with Gasteiger partial charge in [-0.15, -0.1) is 0 Å². The number of hydrogen-bond acceptors (Lipinski definition) is 2. The van der Waals surface area contributed by atoms with E-state index in [0.29, 0.717) is 6.04 Å². The van der Waals surface area contributed by atoms with Crippen LogP contribution in [0.5, 0.6) is 0 Å². The van der Waals surface area contributed by atoms with Gasteiger partial charge in [-0.25, -0.2) is 4.98 Å². The lowest BCUT2D eigenvalue weighted by Crippen LogP contribution is -2.37. The highest BCUT2D eigenvalue weighted by Gasteiger charge is 2.22. The van der Waals surface area contributed by atoms with Gasteiger partial charge in [0.05, 0.1) is 6.33 Å². The third-order valence-electron chi connectivity index (χ3n) is 3.54. The lowest BCUT2D eigenvalue weighted by molar-refractivity contribution is 0.254. The molecular formula is C12H21N3. The Morgan fingerprint density at radius 2 is 2.33 bits per heavy atom. The van der Waals surface area contributed by atoms with E-state index in [1.165, 1.54) is 37.8 Å². The first-order valence-electron chi connectivity index (χ1n) is 6.10. The lowest BCUT2D eigenvalue weighted by Gasteiger charge is -2.31. The van der Waals surface area contributed by atoms with Crippen molar-refractivity contribution >= 4 is 0 Å². The quantitative estimate of drug-likeness (QED) is 0.796. The molecule has 0 amide bonds. The summed E-state index contributed by atoms with van der Waals surface area (Å²) in [7, 11) is 0. The summed E-state index contributed by atoms with van der Waals surface area (Å²) in [5.41, 5.74) is 1.19. The summed E-state index contributed by atoms with van der Waals surface area (Å²) in [5.74, 6) is 0.877. The molecule has 0 aromatic carbocycles. The highest BCUT2D eigenvalue weighted by molar-refractivity contribution is 4.94. The summed E-state index contributed by atoms with van der Waals surface area (Å²) < 4.78 is 0. The van der Waals surface area contributed by atoms with Crippen LogP contribution in [0.15, 0.2) is 12.5 Å². The molecular weight excluding hydrogens is 186 g/mol. The van der Waals surface area contributed by atoms with Crippen LogP contribution in [0.4, 0.5) is 0 Å².